The Hall–Kier alpha value is -3.41. The molecule has 0 atom stereocenters. The van der Waals surface area contributed by atoms with E-state index in [1.807, 2.05) is 43.3 Å². The summed E-state index contributed by atoms with van der Waals surface area (Å²) in [5, 5.41) is 6.16. The van der Waals surface area contributed by atoms with Gasteiger partial charge in [-0.3, -0.25) is 4.79 Å². The first kappa shape index (κ1) is 20.3. The molecule has 2 aromatic carbocycles. The minimum Gasteiger partial charge on any atom is -0.492 e. The van der Waals surface area contributed by atoms with E-state index >= 15 is 0 Å². The van der Waals surface area contributed by atoms with Crippen molar-refractivity contribution in [2.45, 2.75) is 26.7 Å². The lowest BCUT2D eigenvalue weighted by Gasteiger charge is -2.12. The van der Waals surface area contributed by atoms with Crippen LogP contribution in [-0.4, -0.2) is 29.0 Å². The van der Waals surface area contributed by atoms with E-state index in [4.69, 9.17) is 4.74 Å². The largest absolute Gasteiger partial charge is 0.492 e. The van der Waals surface area contributed by atoms with Crippen molar-refractivity contribution < 1.29 is 9.53 Å². The number of anilines is 2. The number of hydrogen-bond acceptors (Lipinski definition) is 5. The zero-order chi connectivity index (χ0) is 20.5. The number of nitrogens with zero attached hydrogens (tertiary/aromatic N) is 2. The fourth-order valence-electron chi connectivity index (χ4n) is 2.97. The maximum absolute atomic E-state index is 12.7. The first-order chi connectivity index (χ1) is 14.2. The number of carbonyl (C=O) groups excluding carboxylic acids is 1. The van der Waals surface area contributed by atoms with Crippen LogP contribution >= 0.6 is 0 Å². The van der Waals surface area contributed by atoms with E-state index in [1.165, 1.54) is 5.56 Å². The number of amides is 1. The number of ether oxygens (including phenoxy) is 1. The van der Waals surface area contributed by atoms with E-state index in [9.17, 15) is 4.79 Å². The minimum atomic E-state index is -0.296. The fraction of sp³-hybridized carbons (Fsp3) is 0.261. The molecular weight excluding hydrogens is 364 g/mol. The lowest BCUT2D eigenvalue weighted by Crippen LogP contribution is -2.16. The number of carbonyl (C=O) groups is 1. The molecule has 1 aromatic heterocycles. The zero-order valence-electron chi connectivity index (χ0n) is 16.8. The fourth-order valence-corrected chi connectivity index (χ4v) is 2.97. The third-order valence-corrected chi connectivity index (χ3v) is 4.30. The summed E-state index contributed by atoms with van der Waals surface area (Å²) in [5.41, 5.74) is 2.24. The minimum absolute atomic E-state index is 0.296. The highest BCUT2D eigenvalue weighted by atomic mass is 16.5. The van der Waals surface area contributed by atoms with E-state index in [2.05, 4.69) is 32.7 Å². The molecule has 6 nitrogen and oxygen atoms in total. The average Bonchev–Trinajstić information content (AvgIpc) is 2.73. The van der Waals surface area contributed by atoms with Crippen molar-refractivity contribution in [1.29, 1.82) is 0 Å². The summed E-state index contributed by atoms with van der Waals surface area (Å²) in [6.07, 6.45) is 1.95. The van der Waals surface area contributed by atoms with Crippen molar-refractivity contribution in [3.05, 3.63) is 77.7 Å². The number of aryl methyl sites for hydroxylation is 2. The van der Waals surface area contributed by atoms with Gasteiger partial charge in [0.05, 0.1) is 12.3 Å². The van der Waals surface area contributed by atoms with Gasteiger partial charge < -0.3 is 15.4 Å². The smallest absolute Gasteiger partial charge is 0.274 e. The van der Waals surface area contributed by atoms with Gasteiger partial charge >= 0.3 is 0 Å². The van der Waals surface area contributed by atoms with Crippen LogP contribution in [0.2, 0.25) is 0 Å². The molecule has 0 spiro atoms. The van der Waals surface area contributed by atoms with Crippen molar-refractivity contribution in [3.63, 3.8) is 0 Å². The molecule has 0 saturated heterocycles. The SMILES string of the molecule is CCOc1ccccc1NC(=O)c1cc(NCCCc2ccccc2)nc(C)n1. The summed E-state index contributed by atoms with van der Waals surface area (Å²) in [5.74, 6) is 1.53. The molecular formula is C23H26N4O2. The lowest BCUT2D eigenvalue weighted by atomic mass is 10.1. The van der Waals surface area contributed by atoms with E-state index in [0.717, 1.165) is 19.4 Å². The van der Waals surface area contributed by atoms with E-state index < -0.39 is 0 Å². The maximum atomic E-state index is 12.7. The van der Waals surface area contributed by atoms with Crippen molar-refractivity contribution in [2.75, 3.05) is 23.8 Å². The first-order valence-corrected chi connectivity index (χ1v) is 9.82. The van der Waals surface area contributed by atoms with E-state index in [1.54, 1.807) is 19.1 Å². The molecule has 2 N–H and O–H groups in total. The molecule has 0 aliphatic carbocycles. The van der Waals surface area contributed by atoms with Gasteiger partial charge in [-0.25, -0.2) is 9.97 Å². The molecule has 0 saturated carbocycles. The number of nitrogens with one attached hydrogen (secondary N) is 2. The third-order valence-electron chi connectivity index (χ3n) is 4.30. The monoisotopic (exact) mass is 390 g/mol. The van der Waals surface area contributed by atoms with Crippen LogP contribution in [0, 0.1) is 6.92 Å². The van der Waals surface area contributed by atoms with E-state index in [-0.39, 0.29) is 5.91 Å². The van der Waals surface area contributed by atoms with Crippen LogP contribution < -0.4 is 15.4 Å². The van der Waals surface area contributed by atoms with Crippen molar-refractivity contribution in [2.24, 2.45) is 0 Å². The second kappa shape index (κ2) is 10.2. The Labute approximate surface area is 171 Å². The molecule has 0 aliphatic rings. The molecule has 0 unspecified atom stereocenters. The topological polar surface area (TPSA) is 76.1 Å². The summed E-state index contributed by atoms with van der Waals surface area (Å²) in [6, 6.07) is 19.4. The quantitative estimate of drug-likeness (QED) is 0.527. The predicted octanol–water partition coefficient (Wildman–Crippen LogP) is 4.48. The Morgan fingerprint density at radius 2 is 1.79 bits per heavy atom. The van der Waals surface area contributed by atoms with Crippen LogP contribution in [0.15, 0.2) is 60.7 Å². The summed E-state index contributed by atoms with van der Waals surface area (Å²) < 4.78 is 5.56. The van der Waals surface area contributed by atoms with Crippen LogP contribution in [0.5, 0.6) is 5.75 Å². The van der Waals surface area contributed by atoms with Gasteiger partial charge in [-0.2, -0.15) is 0 Å². The molecule has 3 aromatic rings. The second-order valence-electron chi connectivity index (χ2n) is 6.58. The molecule has 29 heavy (non-hydrogen) atoms. The zero-order valence-corrected chi connectivity index (χ0v) is 16.8. The second-order valence-corrected chi connectivity index (χ2v) is 6.58. The molecule has 150 valence electrons. The van der Waals surface area contributed by atoms with Gasteiger partial charge in [0, 0.05) is 12.6 Å². The van der Waals surface area contributed by atoms with Gasteiger partial charge in [0.15, 0.2) is 0 Å². The normalized spacial score (nSPS) is 10.4. The summed E-state index contributed by atoms with van der Waals surface area (Å²) in [7, 11) is 0. The number of benzene rings is 2. The highest BCUT2D eigenvalue weighted by Gasteiger charge is 2.13. The van der Waals surface area contributed by atoms with Gasteiger partial charge in [-0.1, -0.05) is 42.5 Å². The molecule has 0 aliphatic heterocycles. The molecule has 6 heteroatoms. The van der Waals surface area contributed by atoms with Gasteiger partial charge in [0.2, 0.25) is 0 Å². The van der Waals surface area contributed by atoms with E-state index in [0.29, 0.717) is 35.4 Å². The highest BCUT2D eigenvalue weighted by Crippen LogP contribution is 2.24. The molecule has 1 amide bonds. The van der Waals surface area contributed by atoms with Crippen LogP contribution in [-0.2, 0) is 6.42 Å². The number of hydrogen-bond donors (Lipinski definition) is 2. The van der Waals surface area contributed by atoms with Crippen LogP contribution in [0.25, 0.3) is 0 Å². The maximum Gasteiger partial charge on any atom is 0.274 e. The van der Waals surface area contributed by atoms with Gasteiger partial charge in [-0.05, 0) is 44.4 Å². The molecule has 0 fully saturated rings. The lowest BCUT2D eigenvalue weighted by molar-refractivity contribution is 0.102. The van der Waals surface area contributed by atoms with Crippen molar-refractivity contribution in [1.82, 2.24) is 9.97 Å². The van der Waals surface area contributed by atoms with Crippen LogP contribution in [0.3, 0.4) is 0 Å². The summed E-state index contributed by atoms with van der Waals surface area (Å²) in [6.45, 7) is 4.97. The van der Waals surface area contributed by atoms with Gasteiger partial charge in [0.25, 0.3) is 5.91 Å². The Morgan fingerprint density at radius 1 is 1.03 bits per heavy atom. The van der Waals surface area contributed by atoms with Crippen molar-refractivity contribution >= 4 is 17.4 Å². The number of rotatable bonds is 9. The predicted molar refractivity (Wildman–Crippen MR) is 116 cm³/mol. The molecule has 0 bridgehead atoms. The standard InChI is InChI=1S/C23H26N4O2/c1-3-29-21-14-8-7-13-19(21)27-23(28)20-16-22(26-17(2)25-20)24-15-9-12-18-10-5-4-6-11-18/h4-8,10-11,13-14,16H,3,9,12,15H2,1-2H3,(H,27,28)(H,24,25,26). The van der Waals surface area contributed by atoms with Gasteiger partial charge in [-0.15, -0.1) is 0 Å². The molecule has 0 radical (unpaired) electrons. The Bertz CT molecular complexity index is 945. The third kappa shape index (κ3) is 6.04. The Morgan fingerprint density at radius 3 is 2.59 bits per heavy atom. The summed E-state index contributed by atoms with van der Waals surface area (Å²) >= 11 is 0. The summed E-state index contributed by atoms with van der Waals surface area (Å²) in [4.78, 5) is 21.4. The average molecular weight is 390 g/mol. The van der Waals surface area contributed by atoms with Gasteiger partial charge in [0.1, 0.15) is 23.1 Å². The Balaban J connectivity index is 1.61. The van der Waals surface area contributed by atoms with Crippen molar-refractivity contribution in [3.8, 4) is 5.75 Å². The number of aromatic nitrogens is 2. The Kier molecular flexibility index (Phi) is 7.16. The first-order valence-electron chi connectivity index (χ1n) is 9.82. The van der Waals surface area contributed by atoms with Crippen LogP contribution in [0.4, 0.5) is 11.5 Å². The highest BCUT2D eigenvalue weighted by molar-refractivity contribution is 6.04. The number of para-hydroxylation sites is 2. The van der Waals surface area contributed by atoms with Crippen LogP contribution in [0.1, 0.15) is 35.2 Å². The molecule has 3 rings (SSSR count). The molecule has 1 heterocycles.